The molecule has 0 saturated carbocycles. The van der Waals surface area contributed by atoms with Crippen LogP contribution in [0.5, 0.6) is 5.75 Å². The van der Waals surface area contributed by atoms with Crippen LogP contribution in [0.1, 0.15) is 0 Å². The summed E-state index contributed by atoms with van der Waals surface area (Å²) < 4.78 is 4.67. The van der Waals surface area contributed by atoms with Gasteiger partial charge in [0.15, 0.2) is 0 Å². The van der Waals surface area contributed by atoms with E-state index in [1.807, 2.05) is 0 Å². The summed E-state index contributed by atoms with van der Waals surface area (Å²) in [6.45, 7) is 0. The largest absolute Gasteiger partial charge is 0.501 e. The molecule has 83 valence electrons. The van der Waals surface area contributed by atoms with E-state index in [-0.39, 0.29) is 40.5 Å². The van der Waals surface area contributed by atoms with Crippen molar-refractivity contribution >= 4 is 57.8 Å². The van der Waals surface area contributed by atoms with Gasteiger partial charge >= 0.3 is 11.3 Å². The van der Waals surface area contributed by atoms with Crippen LogP contribution in [-0.4, -0.2) is 39.6 Å². The molecule has 1 N–H and O–H groups in total. The fraction of sp³-hybridized carbons (Fsp3) is 0. The molecule has 6 nitrogen and oxygen atoms in total. The first-order valence-electron chi connectivity index (χ1n) is 4.10. The van der Waals surface area contributed by atoms with Crippen LogP contribution < -0.4 is 5.63 Å². The van der Waals surface area contributed by atoms with Crippen LogP contribution in [0.4, 0.5) is 5.69 Å². The van der Waals surface area contributed by atoms with Crippen LogP contribution in [0.3, 0.4) is 0 Å². The Kier molecular flexibility index (Phi) is 4.16. The zero-order chi connectivity index (χ0) is 11.9. The summed E-state index contributed by atoms with van der Waals surface area (Å²) in [6, 6.07) is 4.05. The van der Waals surface area contributed by atoms with Gasteiger partial charge in [0, 0.05) is 40.6 Å². The molecule has 1 aromatic heterocycles. The number of hydrogen-bond acceptors (Lipinski definition) is 5. The van der Waals surface area contributed by atoms with Gasteiger partial charge in [0.25, 0.3) is 0 Å². The fourth-order valence-corrected chi connectivity index (χ4v) is 1.47. The van der Waals surface area contributed by atoms with Gasteiger partial charge in [-0.25, -0.2) is 4.79 Å². The van der Waals surface area contributed by atoms with E-state index < -0.39 is 22.0 Å². The molecule has 0 spiro atoms. The van der Waals surface area contributed by atoms with E-state index >= 15 is 0 Å². The molecule has 0 atom stereocenters. The van der Waals surface area contributed by atoms with Crippen molar-refractivity contribution in [3.05, 3.63) is 43.8 Å². The number of fused-ring (bicyclic) bond motifs is 1. The van der Waals surface area contributed by atoms with Crippen molar-refractivity contribution in [3.8, 4) is 5.75 Å². The van der Waals surface area contributed by atoms with Gasteiger partial charge in [-0.1, -0.05) is 11.6 Å². The maximum atomic E-state index is 11.2. The predicted octanol–water partition coefficient (Wildman–Crippen LogP) is 1.68. The Bertz CT molecular complexity index is 654. The molecule has 0 unspecified atom stereocenters. The summed E-state index contributed by atoms with van der Waals surface area (Å²) in [4.78, 5) is 20.7. The maximum Gasteiger partial charge on any atom is 0.419 e. The van der Waals surface area contributed by atoms with Crippen molar-refractivity contribution in [2.45, 2.75) is 0 Å². The minimum Gasteiger partial charge on any atom is -0.501 e. The molecule has 2 aromatic rings. The smallest absolute Gasteiger partial charge is 0.419 e. The van der Waals surface area contributed by atoms with E-state index in [9.17, 15) is 20.0 Å². The van der Waals surface area contributed by atoms with Crippen LogP contribution in [0, 0.1) is 10.1 Å². The quantitative estimate of drug-likeness (QED) is 0.366. The van der Waals surface area contributed by atoms with Gasteiger partial charge in [-0.15, -0.1) is 0 Å². The maximum absolute atomic E-state index is 11.2. The molecule has 0 saturated heterocycles. The van der Waals surface area contributed by atoms with Gasteiger partial charge in [0.2, 0.25) is 5.75 Å². The van der Waals surface area contributed by atoms with Gasteiger partial charge in [0.1, 0.15) is 5.58 Å². The van der Waals surface area contributed by atoms with Crippen molar-refractivity contribution in [2.24, 2.45) is 0 Å². The Hall–Kier alpha value is -1.08. The average Bonchev–Trinajstić information content (AvgIpc) is 2.15. The van der Waals surface area contributed by atoms with Crippen molar-refractivity contribution in [1.82, 2.24) is 0 Å². The van der Waals surface area contributed by atoms with E-state index in [1.165, 1.54) is 18.2 Å². The molecule has 0 aliphatic carbocycles. The van der Waals surface area contributed by atoms with Crippen LogP contribution >= 0.6 is 11.6 Å². The van der Waals surface area contributed by atoms with Crippen molar-refractivity contribution in [3.63, 3.8) is 0 Å². The van der Waals surface area contributed by atoms with Gasteiger partial charge in [0.05, 0.1) is 10.3 Å². The number of aromatic hydroxyl groups is 1. The Morgan fingerprint density at radius 2 is 2.06 bits per heavy atom. The normalized spacial score (nSPS) is 9.94. The predicted molar refractivity (Wildman–Crippen MR) is 61.6 cm³/mol. The van der Waals surface area contributed by atoms with Gasteiger partial charge in [-0.05, 0) is 12.1 Å². The third-order valence-electron chi connectivity index (χ3n) is 2.00. The number of benzene rings is 1. The second kappa shape index (κ2) is 5.05. The van der Waals surface area contributed by atoms with Crippen LogP contribution in [0.25, 0.3) is 11.0 Å². The van der Waals surface area contributed by atoms with Crippen LogP contribution in [0.2, 0.25) is 5.02 Å². The third kappa shape index (κ3) is 2.44. The minimum absolute atomic E-state index is 0. The Balaban J connectivity index is 0.00000144. The average molecular weight is 265 g/mol. The number of nitrogens with zero attached hydrogens (tertiary/aromatic N) is 1. The second-order valence-corrected chi connectivity index (χ2v) is 3.42. The topological polar surface area (TPSA) is 93.6 Å². The number of nitro groups is 1. The van der Waals surface area contributed by atoms with Crippen molar-refractivity contribution < 1.29 is 14.4 Å². The molecule has 0 aliphatic rings. The number of halogens is 1. The first kappa shape index (κ1) is 14.0. The van der Waals surface area contributed by atoms with Crippen molar-refractivity contribution in [1.29, 1.82) is 0 Å². The monoisotopic (exact) mass is 264 g/mol. The standard InChI is InChI=1S/C9H4ClNO5.Na/c10-4-1-2-5-6(3-4)16-9(13)7(8(5)12)11(14)15;/h1-3,12H;. The summed E-state index contributed by atoms with van der Waals surface area (Å²) >= 11 is 5.65. The molecule has 0 fully saturated rings. The summed E-state index contributed by atoms with van der Waals surface area (Å²) in [7, 11) is 0. The second-order valence-electron chi connectivity index (χ2n) is 2.98. The molecule has 0 bridgehead atoms. The van der Waals surface area contributed by atoms with E-state index in [0.717, 1.165) is 0 Å². The van der Waals surface area contributed by atoms with Crippen LogP contribution in [-0.2, 0) is 0 Å². The zero-order valence-electron chi connectivity index (χ0n) is 8.64. The summed E-state index contributed by atoms with van der Waals surface area (Å²) in [5.74, 6) is -0.715. The molecule has 1 heterocycles. The van der Waals surface area contributed by atoms with E-state index in [0.29, 0.717) is 5.02 Å². The number of rotatable bonds is 1. The Morgan fingerprint density at radius 3 is 2.65 bits per heavy atom. The molecule has 1 aromatic carbocycles. The molecular weight excluding hydrogens is 261 g/mol. The molecular formula is C9H4ClNNaO5. The molecule has 0 aliphatic heterocycles. The summed E-state index contributed by atoms with van der Waals surface area (Å²) in [5, 5.41) is 20.4. The van der Waals surface area contributed by atoms with Gasteiger partial charge < -0.3 is 9.52 Å². The first-order chi connectivity index (χ1) is 7.50. The summed E-state index contributed by atoms with van der Waals surface area (Å²) in [6.07, 6.45) is 0. The number of hydrogen-bond donors (Lipinski definition) is 1. The third-order valence-corrected chi connectivity index (χ3v) is 2.24. The first-order valence-corrected chi connectivity index (χ1v) is 4.48. The molecule has 17 heavy (non-hydrogen) atoms. The Morgan fingerprint density at radius 1 is 1.41 bits per heavy atom. The van der Waals surface area contributed by atoms with Gasteiger partial charge in [-0.2, -0.15) is 0 Å². The fourth-order valence-electron chi connectivity index (χ4n) is 1.31. The zero-order valence-corrected chi connectivity index (χ0v) is 11.4. The summed E-state index contributed by atoms with van der Waals surface area (Å²) in [5.41, 5.74) is -2.19. The van der Waals surface area contributed by atoms with Gasteiger partial charge in [-0.3, -0.25) is 10.1 Å². The van der Waals surface area contributed by atoms with E-state index in [4.69, 9.17) is 11.6 Å². The SMILES string of the molecule is O=c1oc2cc(Cl)ccc2c(O)c1[N+](=O)[O-].[Na]. The van der Waals surface area contributed by atoms with Crippen molar-refractivity contribution in [2.75, 3.05) is 0 Å². The Labute approximate surface area is 121 Å². The molecule has 8 heteroatoms. The molecule has 2 rings (SSSR count). The minimum atomic E-state index is -1.21. The van der Waals surface area contributed by atoms with E-state index in [1.54, 1.807) is 0 Å². The molecule has 0 amide bonds. The van der Waals surface area contributed by atoms with Crippen LogP contribution in [0.15, 0.2) is 27.4 Å². The van der Waals surface area contributed by atoms with E-state index in [2.05, 4.69) is 4.42 Å². The molecule has 1 radical (unpaired) electrons.